The van der Waals surface area contributed by atoms with Gasteiger partial charge >= 0.3 is 0 Å². The summed E-state index contributed by atoms with van der Waals surface area (Å²) in [7, 11) is 1.52. The van der Waals surface area contributed by atoms with Crippen molar-refractivity contribution in [3.63, 3.8) is 0 Å². The number of hydrogen-bond donors (Lipinski definition) is 1. The fourth-order valence-electron chi connectivity index (χ4n) is 1.33. The lowest BCUT2D eigenvalue weighted by Gasteiger charge is -2.05. The van der Waals surface area contributed by atoms with Gasteiger partial charge in [-0.05, 0) is 17.9 Å². The van der Waals surface area contributed by atoms with E-state index in [1.54, 1.807) is 12.4 Å². The number of rotatable bonds is 3. The van der Waals surface area contributed by atoms with Gasteiger partial charge in [0.1, 0.15) is 11.2 Å². The molecule has 2 heterocycles. The topological polar surface area (TPSA) is 56.1 Å². The Hall–Kier alpha value is -1.66. The molecule has 5 nitrogen and oxygen atoms in total. The number of aromatic nitrogens is 2. The first-order valence-electron chi connectivity index (χ1n) is 4.63. The predicted molar refractivity (Wildman–Crippen MR) is 61.6 cm³/mol. The van der Waals surface area contributed by atoms with Crippen molar-refractivity contribution in [3.8, 4) is 0 Å². The molecule has 16 heavy (non-hydrogen) atoms. The number of hydrogen-bond acceptors (Lipinski definition) is 5. The lowest BCUT2D eigenvalue weighted by Crippen LogP contribution is -2.11. The van der Waals surface area contributed by atoms with Gasteiger partial charge in [0.25, 0.3) is 5.91 Å². The molecule has 0 bridgehead atoms. The second kappa shape index (κ2) is 4.46. The van der Waals surface area contributed by atoms with Crippen LogP contribution in [0, 0.1) is 6.92 Å². The number of aryl methyl sites for hydroxylation is 1. The van der Waals surface area contributed by atoms with Gasteiger partial charge in [-0.3, -0.25) is 19.7 Å². The zero-order chi connectivity index (χ0) is 11.5. The van der Waals surface area contributed by atoms with Crippen LogP contribution in [0.2, 0.25) is 0 Å². The predicted octanol–water partition coefficient (Wildman–Crippen LogP) is 1.91. The Balaban J connectivity index is 2.37. The highest BCUT2D eigenvalue weighted by Gasteiger charge is 2.17. The minimum absolute atomic E-state index is 0.116. The first-order chi connectivity index (χ1) is 7.74. The Kier molecular flexibility index (Phi) is 3.02. The van der Waals surface area contributed by atoms with Crippen LogP contribution in [0.15, 0.2) is 24.1 Å². The van der Waals surface area contributed by atoms with Crippen molar-refractivity contribution in [1.29, 1.82) is 0 Å². The fraction of sp³-hybridized carbons (Fsp3) is 0.200. The van der Waals surface area contributed by atoms with E-state index in [4.69, 9.17) is 4.84 Å². The second-order valence-electron chi connectivity index (χ2n) is 3.20. The van der Waals surface area contributed by atoms with Gasteiger partial charge in [-0.1, -0.05) is 0 Å². The molecule has 2 rings (SSSR count). The van der Waals surface area contributed by atoms with Gasteiger partial charge < -0.3 is 0 Å². The normalized spacial score (nSPS) is 10.4. The van der Waals surface area contributed by atoms with E-state index in [0.717, 1.165) is 5.56 Å². The van der Waals surface area contributed by atoms with E-state index in [1.807, 2.05) is 12.3 Å². The van der Waals surface area contributed by atoms with E-state index in [2.05, 4.69) is 10.5 Å². The summed E-state index contributed by atoms with van der Waals surface area (Å²) < 4.78 is 1.44. The maximum Gasteiger partial charge on any atom is 0.275 e. The summed E-state index contributed by atoms with van der Waals surface area (Å²) in [6, 6.07) is 0. The molecule has 0 aliphatic heterocycles. The molecule has 2 aromatic rings. The number of nitrogens with zero attached hydrogens (tertiary/aromatic N) is 2. The van der Waals surface area contributed by atoms with Crippen LogP contribution >= 0.6 is 11.3 Å². The van der Waals surface area contributed by atoms with E-state index in [1.165, 1.54) is 29.3 Å². The summed E-state index contributed by atoms with van der Waals surface area (Å²) in [6.45, 7) is 1.92. The fourth-order valence-corrected chi connectivity index (χ4v) is 2.27. The van der Waals surface area contributed by atoms with Gasteiger partial charge in [-0.25, -0.2) is 4.98 Å². The highest BCUT2D eigenvalue weighted by molar-refractivity contribution is 7.12. The molecule has 84 valence electrons. The maximum absolute atomic E-state index is 12.1. The van der Waals surface area contributed by atoms with Crippen molar-refractivity contribution >= 4 is 22.9 Å². The van der Waals surface area contributed by atoms with Crippen LogP contribution in [0.5, 0.6) is 0 Å². The van der Waals surface area contributed by atoms with Crippen LogP contribution in [0.4, 0.5) is 5.69 Å². The van der Waals surface area contributed by atoms with E-state index in [9.17, 15) is 4.79 Å². The number of nitrogens with one attached hydrogen (secondary N) is 1. The minimum Gasteiger partial charge on any atom is -0.279 e. The van der Waals surface area contributed by atoms with Gasteiger partial charge in [0.15, 0.2) is 0 Å². The first-order valence-corrected chi connectivity index (χ1v) is 5.51. The van der Waals surface area contributed by atoms with Crippen molar-refractivity contribution in [2.75, 3.05) is 12.6 Å². The Morgan fingerprint density at radius 3 is 3.06 bits per heavy atom. The Labute approximate surface area is 96.6 Å². The average Bonchev–Trinajstić information content (AvgIpc) is 2.89. The van der Waals surface area contributed by atoms with Crippen molar-refractivity contribution < 1.29 is 9.63 Å². The van der Waals surface area contributed by atoms with Gasteiger partial charge in [0.2, 0.25) is 0 Å². The number of imidazole rings is 1. The standard InChI is InChI=1S/C10H11N3O2S/c1-7-5-16-9(8(7)12-15-2)10(14)13-4-3-11-6-13/h3-6,12H,1-2H3. The zero-order valence-electron chi connectivity index (χ0n) is 8.93. The summed E-state index contributed by atoms with van der Waals surface area (Å²) in [5.74, 6) is -0.116. The molecule has 0 radical (unpaired) electrons. The molecular formula is C10H11N3O2S. The van der Waals surface area contributed by atoms with Crippen LogP contribution in [-0.4, -0.2) is 22.6 Å². The smallest absolute Gasteiger partial charge is 0.275 e. The van der Waals surface area contributed by atoms with Gasteiger partial charge in [-0.2, -0.15) is 0 Å². The lowest BCUT2D eigenvalue weighted by molar-refractivity contribution is 0.0963. The Morgan fingerprint density at radius 1 is 1.62 bits per heavy atom. The molecule has 0 amide bonds. The molecular weight excluding hydrogens is 226 g/mol. The van der Waals surface area contributed by atoms with E-state index in [0.29, 0.717) is 10.6 Å². The van der Waals surface area contributed by atoms with Gasteiger partial charge in [0, 0.05) is 12.4 Å². The molecule has 1 N–H and O–H groups in total. The van der Waals surface area contributed by atoms with Crippen molar-refractivity contribution in [2.45, 2.75) is 6.92 Å². The summed E-state index contributed by atoms with van der Waals surface area (Å²) in [5, 5.41) is 1.91. The number of carbonyl (C=O) groups is 1. The highest BCUT2D eigenvalue weighted by Crippen LogP contribution is 2.28. The Morgan fingerprint density at radius 2 is 2.44 bits per heavy atom. The van der Waals surface area contributed by atoms with Crippen molar-refractivity contribution in [2.24, 2.45) is 0 Å². The van der Waals surface area contributed by atoms with Gasteiger partial charge in [0.05, 0.1) is 12.8 Å². The average molecular weight is 237 g/mol. The highest BCUT2D eigenvalue weighted by atomic mass is 32.1. The van der Waals surface area contributed by atoms with Crippen molar-refractivity contribution in [3.05, 3.63) is 34.5 Å². The summed E-state index contributed by atoms with van der Waals surface area (Å²) in [5.41, 5.74) is 4.42. The van der Waals surface area contributed by atoms with Crippen LogP contribution in [0.1, 0.15) is 15.2 Å². The third-order valence-corrected chi connectivity index (χ3v) is 3.20. The van der Waals surface area contributed by atoms with E-state index < -0.39 is 0 Å². The number of anilines is 1. The quantitative estimate of drug-likeness (QED) is 0.828. The lowest BCUT2D eigenvalue weighted by atomic mass is 10.3. The molecule has 0 aliphatic carbocycles. The number of carbonyl (C=O) groups excluding carboxylic acids is 1. The minimum atomic E-state index is -0.116. The summed E-state index contributed by atoms with van der Waals surface area (Å²) >= 11 is 1.38. The monoisotopic (exact) mass is 237 g/mol. The Bertz CT molecular complexity index is 490. The van der Waals surface area contributed by atoms with Crippen molar-refractivity contribution in [1.82, 2.24) is 9.55 Å². The molecule has 0 unspecified atom stereocenters. The summed E-state index contributed by atoms with van der Waals surface area (Å²) in [6.07, 6.45) is 4.67. The third kappa shape index (κ3) is 1.84. The van der Waals surface area contributed by atoms with E-state index in [-0.39, 0.29) is 5.91 Å². The van der Waals surface area contributed by atoms with Crippen LogP contribution in [-0.2, 0) is 4.84 Å². The largest absolute Gasteiger partial charge is 0.279 e. The molecule has 0 aromatic carbocycles. The molecule has 6 heteroatoms. The molecule has 0 atom stereocenters. The molecule has 0 saturated heterocycles. The SMILES string of the molecule is CONc1c(C)csc1C(=O)n1ccnc1. The second-order valence-corrected chi connectivity index (χ2v) is 4.08. The summed E-state index contributed by atoms with van der Waals surface area (Å²) in [4.78, 5) is 21.4. The molecule has 0 aliphatic rings. The molecule has 2 aromatic heterocycles. The number of thiophene rings is 1. The zero-order valence-corrected chi connectivity index (χ0v) is 9.75. The van der Waals surface area contributed by atoms with Crippen LogP contribution < -0.4 is 5.48 Å². The molecule has 0 spiro atoms. The van der Waals surface area contributed by atoms with Gasteiger partial charge in [-0.15, -0.1) is 11.3 Å². The first kappa shape index (κ1) is 10.8. The molecule has 0 fully saturated rings. The maximum atomic E-state index is 12.1. The third-order valence-electron chi connectivity index (χ3n) is 2.11. The van der Waals surface area contributed by atoms with E-state index >= 15 is 0 Å². The molecule has 0 saturated carbocycles. The van der Waals surface area contributed by atoms with Crippen LogP contribution in [0.25, 0.3) is 0 Å². The van der Waals surface area contributed by atoms with Crippen LogP contribution in [0.3, 0.4) is 0 Å².